The highest BCUT2D eigenvalue weighted by molar-refractivity contribution is 9.10. The van der Waals surface area contributed by atoms with Gasteiger partial charge in [0.05, 0.1) is 29.9 Å². The number of hydrogen-bond acceptors (Lipinski definition) is 12. The molecule has 1 aliphatic rings. The van der Waals surface area contributed by atoms with Crippen molar-refractivity contribution in [1.82, 2.24) is 19.9 Å². The minimum Gasteiger partial charge on any atom is -0.467 e. The largest absolute Gasteiger partial charge is 0.494 e. The Kier molecular flexibility index (Phi) is 12.7. The zero-order valence-electron chi connectivity index (χ0n) is 29.0. The molecule has 48 heavy (non-hydrogen) atoms. The van der Waals surface area contributed by atoms with Gasteiger partial charge in [0.1, 0.15) is 14.3 Å². The fourth-order valence-corrected chi connectivity index (χ4v) is 6.83. The van der Waals surface area contributed by atoms with Crippen molar-refractivity contribution in [2.24, 2.45) is 0 Å². The molecule has 5 rings (SSSR count). The van der Waals surface area contributed by atoms with Gasteiger partial charge in [-0.1, -0.05) is 12.1 Å². The second-order valence-corrected chi connectivity index (χ2v) is 20.0. The Balaban J connectivity index is 0.000000209. The molecule has 258 valence electrons. The van der Waals surface area contributed by atoms with E-state index in [0.29, 0.717) is 34.0 Å². The minimum atomic E-state index is -2.42. The summed E-state index contributed by atoms with van der Waals surface area (Å²) in [6, 6.07) is 11.6. The standard InChI is InChI=1S/C14H23BNO3P.C13H16N3O2P.C5H5BrN2O/c1-13(2)14(3,4)19-15(18-13)10-7-8-11(16)12(9-10)20(5,6)17;1-18-13-15-7-10(8-16-13)9-4-5-11(14)12(6-9)19(2,3)17;1-9-5-7-2-4(6)3-8-5/h7-9H,16H2,1-6H3;4-8H,14H2,1-3H3;2-3H,1H3. The summed E-state index contributed by atoms with van der Waals surface area (Å²) in [7, 11) is -2.24. The maximum Gasteiger partial charge on any atom is 0.494 e. The molecule has 2 aromatic carbocycles. The van der Waals surface area contributed by atoms with E-state index in [-0.39, 0.29) is 11.2 Å². The number of halogens is 1. The van der Waals surface area contributed by atoms with Crippen molar-refractivity contribution >= 4 is 64.8 Å². The van der Waals surface area contributed by atoms with Gasteiger partial charge in [0.2, 0.25) is 0 Å². The van der Waals surface area contributed by atoms with E-state index in [4.69, 9.17) is 30.2 Å². The Morgan fingerprint density at radius 2 is 1.10 bits per heavy atom. The Morgan fingerprint density at radius 3 is 1.54 bits per heavy atom. The van der Waals surface area contributed by atoms with Crippen molar-refractivity contribution < 1.29 is 27.9 Å². The Labute approximate surface area is 291 Å². The van der Waals surface area contributed by atoms with Crippen molar-refractivity contribution in [3.63, 3.8) is 0 Å². The summed E-state index contributed by atoms with van der Waals surface area (Å²) in [5, 5.41) is 1.37. The average Bonchev–Trinajstić information content (AvgIpc) is 3.23. The van der Waals surface area contributed by atoms with Gasteiger partial charge in [-0.25, -0.2) is 19.9 Å². The van der Waals surface area contributed by atoms with Crippen molar-refractivity contribution in [3.05, 3.63) is 65.7 Å². The maximum absolute atomic E-state index is 12.3. The van der Waals surface area contributed by atoms with Crippen LogP contribution >= 0.6 is 30.2 Å². The molecular weight excluding hydrogens is 717 g/mol. The molecule has 0 amide bonds. The number of hydrogen-bond donors (Lipinski definition) is 2. The third-order valence-electron chi connectivity index (χ3n) is 7.69. The van der Waals surface area contributed by atoms with Gasteiger partial charge >= 0.3 is 19.1 Å². The van der Waals surface area contributed by atoms with Gasteiger partial charge in [0.15, 0.2) is 0 Å². The molecule has 0 radical (unpaired) electrons. The van der Waals surface area contributed by atoms with E-state index < -0.39 is 21.4 Å². The maximum atomic E-state index is 12.3. The third-order valence-corrected chi connectivity index (χ3v) is 11.2. The highest BCUT2D eigenvalue weighted by Gasteiger charge is 2.51. The number of nitrogens with two attached hydrogens (primary N) is 2. The van der Waals surface area contributed by atoms with Crippen molar-refractivity contribution in [2.75, 3.05) is 52.3 Å². The molecule has 3 heterocycles. The second kappa shape index (κ2) is 15.5. The average molecular weight is 761 g/mol. The summed E-state index contributed by atoms with van der Waals surface area (Å²) in [5.41, 5.74) is 14.7. The van der Waals surface area contributed by atoms with E-state index in [1.54, 1.807) is 63.6 Å². The molecule has 4 N–H and O–H groups in total. The molecule has 0 saturated carbocycles. The quantitative estimate of drug-likeness (QED) is 0.152. The fraction of sp³-hybridized carbons (Fsp3) is 0.375. The molecule has 16 heteroatoms. The molecule has 0 unspecified atom stereocenters. The molecule has 12 nitrogen and oxygen atoms in total. The van der Waals surface area contributed by atoms with E-state index in [0.717, 1.165) is 21.1 Å². The zero-order valence-corrected chi connectivity index (χ0v) is 32.4. The number of nitrogen functional groups attached to an aromatic ring is 2. The van der Waals surface area contributed by atoms with Crippen LogP contribution in [-0.4, -0.2) is 79.1 Å². The Morgan fingerprint density at radius 1 is 0.688 bits per heavy atom. The lowest BCUT2D eigenvalue weighted by Crippen LogP contribution is -2.41. The summed E-state index contributed by atoms with van der Waals surface area (Å²) in [6.07, 6.45) is 6.59. The van der Waals surface area contributed by atoms with Gasteiger partial charge in [0.25, 0.3) is 0 Å². The molecule has 2 aromatic heterocycles. The van der Waals surface area contributed by atoms with Gasteiger partial charge in [-0.3, -0.25) is 0 Å². The summed E-state index contributed by atoms with van der Waals surface area (Å²) in [5.74, 6) is 0. The van der Waals surface area contributed by atoms with Gasteiger partial charge in [-0.15, -0.1) is 0 Å². The number of ether oxygens (including phenoxy) is 2. The lowest BCUT2D eigenvalue weighted by Gasteiger charge is -2.32. The molecule has 0 aliphatic carbocycles. The predicted octanol–water partition coefficient (Wildman–Crippen LogP) is 5.05. The van der Waals surface area contributed by atoms with E-state index in [9.17, 15) is 9.13 Å². The van der Waals surface area contributed by atoms with Gasteiger partial charge in [-0.05, 0) is 106 Å². The molecule has 4 aromatic rings. The lowest BCUT2D eigenvalue weighted by atomic mass is 9.79. The minimum absolute atomic E-state index is 0.316. The third kappa shape index (κ3) is 10.1. The summed E-state index contributed by atoms with van der Waals surface area (Å²) in [4.78, 5) is 15.7. The van der Waals surface area contributed by atoms with Crippen molar-refractivity contribution in [2.45, 2.75) is 38.9 Å². The highest BCUT2D eigenvalue weighted by Crippen LogP contribution is 2.39. The first-order valence-corrected chi connectivity index (χ1v) is 20.8. The number of rotatable bonds is 6. The number of aromatic nitrogens is 4. The van der Waals surface area contributed by atoms with Crippen LogP contribution in [0.4, 0.5) is 11.4 Å². The van der Waals surface area contributed by atoms with Crippen LogP contribution in [0.25, 0.3) is 11.1 Å². The van der Waals surface area contributed by atoms with E-state index in [2.05, 4.69) is 35.9 Å². The summed E-state index contributed by atoms with van der Waals surface area (Å²) < 4.78 is 47.0. The fourth-order valence-electron chi connectivity index (χ4n) is 4.32. The molecule has 0 bridgehead atoms. The first kappa shape index (κ1) is 39.2. The predicted molar refractivity (Wildman–Crippen MR) is 199 cm³/mol. The van der Waals surface area contributed by atoms with E-state index >= 15 is 0 Å². The van der Waals surface area contributed by atoms with Gasteiger partial charge in [0, 0.05) is 52.3 Å². The lowest BCUT2D eigenvalue weighted by molar-refractivity contribution is 0.00578. The monoisotopic (exact) mass is 760 g/mol. The van der Waals surface area contributed by atoms with Crippen LogP contribution in [0.1, 0.15) is 27.7 Å². The first-order valence-electron chi connectivity index (χ1n) is 14.8. The van der Waals surface area contributed by atoms with Gasteiger partial charge in [-0.2, -0.15) is 0 Å². The first-order chi connectivity index (χ1) is 22.2. The topological polar surface area (TPSA) is 175 Å². The van der Waals surface area contributed by atoms with E-state index in [1.165, 1.54) is 14.2 Å². The molecule has 1 fully saturated rings. The molecule has 1 saturated heterocycles. The van der Waals surface area contributed by atoms with Crippen LogP contribution in [0.2, 0.25) is 0 Å². The normalized spacial score (nSPS) is 15.0. The highest BCUT2D eigenvalue weighted by atomic mass is 79.9. The van der Waals surface area contributed by atoms with Gasteiger partial charge < -0.3 is 39.4 Å². The molecular formula is C32H44BBrN6O6P2. The summed E-state index contributed by atoms with van der Waals surface area (Å²) >= 11 is 3.19. The SMILES string of the molecule is CC1(C)OB(c2ccc(N)c(P(C)(C)=O)c2)OC1(C)C.COc1ncc(-c2ccc(N)c(P(C)(C)=O)c2)cn1.COc1ncc(Br)cn1. The molecule has 0 atom stereocenters. The van der Waals surface area contributed by atoms with Crippen LogP contribution < -0.4 is 37.0 Å². The van der Waals surface area contributed by atoms with Crippen molar-refractivity contribution in [3.8, 4) is 23.1 Å². The second-order valence-electron chi connectivity index (χ2n) is 12.7. The molecule has 1 aliphatic heterocycles. The van der Waals surface area contributed by atoms with Crippen LogP contribution in [-0.2, 0) is 18.4 Å². The van der Waals surface area contributed by atoms with E-state index in [1.807, 2.05) is 52.0 Å². The smallest absolute Gasteiger partial charge is 0.467 e. The summed E-state index contributed by atoms with van der Waals surface area (Å²) in [6.45, 7) is 14.9. The number of nitrogens with zero attached hydrogens (tertiary/aromatic N) is 4. The molecule has 0 spiro atoms. The van der Waals surface area contributed by atoms with Crippen molar-refractivity contribution in [1.29, 1.82) is 0 Å². The zero-order chi connectivity index (χ0) is 36.1. The Bertz CT molecular complexity index is 1780. The van der Waals surface area contributed by atoms with Crippen LogP contribution in [0.15, 0.2) is 65.7 Å². The van der Waals surface area contributed by atoms with Crippen LogP contribution in [0.5, 0.6) is 12.0 Å². The Hall–Kier alpha value is -3.28. The number of methoxy groups -OCH3 is 2. The van der Waals surface area contributed by atoms with Crippen LogP contribution in [0, 0.1) is 0 Å². The number of anilines is 2. The number of benzene rings is 2. The van der Waals surface area contributed by atoms with Crippen LogP contribution in [0.3, 0.4) is 0 Å².